The first kappa shape index (κ1) is 57.1. The zero-order valence-corrected chi connectivity index (χ0v) is 39.8. The molecule has 0 N–H and O–H groups in total. The summed E-state index contributed by atoms with van der Waals surface area (Å²) in [6, 6.07) is 0. The van der Waals surface area contributed by atoms with Crippen molar-refractivity contribution in [1.29, 1.82) is 0 Å². The summed E-state index contributed by atoms with van der Waals surface area (Å²) >= 11 is 0. The zero-order chi connectivity index (χ0) is 43.0. The van der Waals surface area contributed by atoms with Crippen LogP contribution in [0.25, 0.3) is 0 Å². The van der Waals surface area contributed by atoms with Crippen LogP contribution in [0, 0.1) is 0 Å². The lowest BCUT2D eigenvalue weighted by atomic mass is 10.0. The Hall–Kier alpha value is -1.85. The molecule has 0 saturated carbocycles. The molecule has 0 aliphatic carbocycles. The topological polar surface area (TPSA) is 78.9 Å². The Morgan fingerprint density at radius 1 is 0.322 bits per heavy atom. The Bertz CT molecular complexity index is 916. The Balaban J connectivity index is 4.33. The van der Waals surface area contributed by atoms with Crippen LogP contribution in [-0.2, 0) is 28.6 Å². The standard InChI is InChI=1S/C53H100O6/c1-4-7-10-13-16-19-22-25-27-29-31-34-37-40-43-46-52(55)58-49-50(48-57-51(54)45-42-39-36-33-30-24-21-18-15-12-9-6-3)59-53(56)47-44-41-38-35-32-28-26-23-20-17-14-11-8-5-2/h25,27,50H,4-24,26,28-49H2,1-3H3/b27-25-/t50-/m1/s1. The summed E-state index contributed by atoms with van der Waals surface area (Å²) in [5, 5.41) is 0. The van der Waals surface area contributed by atoms with Crippen molar-refractivity contribution in [2.45, 2.75) is 297 Å². The van der Waals surface area contributed by atoms with Crippen molar-refractivity contribution in [3.8, 4) is 0 Å². The maximum atomic E-state index is 12.8. The van der Waals surface area contributed by atoms with Crippen molar-refractivity contribution >= 4 is 17.9 Å². The highest BCUT2D eigenvalue weighted by Gasteiger charge is 2.19. The maximum Gasteiger partial charge on any atom is 0.306 e. The minimum atomic E-state index is -0.766. The minimum Gasteiger partial charge on any atom is -0.462 e. The Morgan fingerprint density at radius 2 is 0.559 bits per heavy atom. The molecule has 348 valence electrons. The molecule has 0 heterocycles. The van der Waals surface area contributed by atoms with Crippen molar-refractivity contribution in [3.63, 3.8) is 0 Å². The second kappa shape index (κ2) is 48.8. The largest absolute Gasteiger partial charge is 0.462 e. The van der Waals surface area contributed by atoms with E-state index in [0.29, 0.717) is 19.3 Å². The van der Waals surface area contributed by atoms with Crippen LogP contribution < -0.4 is 0 Å². The quantitative estimate of drug-likeness (QED) is 0.0263. The van der Waals surface area contributed by atoms with Gasteiger partial charge in [0.15, 0.2) is 6.10 Å². The number of carbonyl (C=O) groups is 3. The summed E-state index contributed by atoms with van der Waals surface area (Å²) in [5.41, 5.74) is 0. The molecule has 0 amide bonds. The van der Waals surface area contributed by atoms with Gasteiger partial charge < -0.3 is 14.2 Å². The fourth-order valence-corrected chi connectivity index (χ4v) is 7.79. The Labute approximate surface area is 367 Å². The van der Waals surface area contributed by atoms with E-state index >= 15 is 0 Å². The zero-order valence-electron chi connectivity index (χ0n) is 39.8. The summed E-state index contributed by atoms with van der Waals surface area (Å²) in [5.74, 6) is -0.859. The van der Waals surface area contributed by atoms with Gasteiger partial charge in [-0.15, -0.1) is 0 Å². The molecular formula is C53H100O6. The number of hydrogen-bond acceptors (Lipinski definition) is 6. The molecule has 0 rings (SSSR count). The normalized spacial score (nSPS) is 12.0. The van der Waals surface area contributed by atoms with Gasteiger partial charge in [-0.25, -0.2) is 0 Å². The van der Waals surface area contributed by atoms with E-state index in [1.54, 1.807) is 0 Å². The molecule has 0 aromatic rings. The molecule has 0 bridgehead atoms. The number of unbranched alkanes of at least 4 members (excludes halogenated alkanes) is 35. The van der Waals surface area contributed by atoms with Gasteiger partial charge in [-0.3, -0.25) is 14.4 Å². The predicted octanol–water partition coefficient (Wildman–Crippen LogP) is 17.0. The molecule has 6 nitrogen and oxygen atoms in total. The number of rotatable bonds is 48. The summed E-state index contributed by atoms with van der Waals surface area (Å²) in [6.45, 7) is 6.66. The fourth-order valence-electron chi connectivity index (χ4n) is 7.79. The maximum absolute atomic E-state index is 12.8. The monoisotopic (exact) mass is 833 g/mol. The van der Waals surface area contributed by atoms with Crippen molar-refractivity contribution in [2.24, 2.45) is 0 Å². The number of esters is 3. The van der Waals surface area contributed by atoms with Crippen LogP contribution in [0.4, 0.5) is 0 Å². The van der Waals surface area contributed by atoms with Crippen molar-refractivity contribution in [2.75, 3.05) is 13.2 Å². The SMILES string of the molecule is CCCCCCCC/C=C\CCCCCCCC(=O)OC[C@@H](COC(=O)CCCCCCCCCCCCCC)OC(=O)CCCCCCCCCCCCCCCC. The lowest BCUT2D eigenvalue weighted by molar-refractivity contribution is -0.167. The van der Waals surface area contributed by atoms with Crippen LogP contribution in [0.5, 0.6) is 0 Å². The number of hydrogen-bond donors (Lipinski definition) is 0. The molecule has 1 atom stereocenters. The summed E-state index contributed by atoms with van der Waals surface area (Å²) in [6.07, 6.45) is 53.3. The van der Waals surface area contributed by atoms with Crippen LogP contribution in [0.15, 0.2) is 12.2 Å². The average Bonchev–Trinajstić information content (AvgIpc) is 3.23. The summed E-state index contributed by atoms with van der Waals surface area (Å²) in [4.78, 5) is 37.9. The number of carbonyl (C=O) groups excluding carboxylic acids is 3. The fraction of sp³-hybridized carbons (Fsp3) is 0.906. The van der Waals surface area contributed by atoms with Gasteiger partial charge in [-0.05, 0) is 44.9 Å². The van der Waals surface area contributed by atoms with Crippen molar-refractivity contribution in [1.82, 2.24) is 0 Å². The smallest absolute Gasteiger partial charge is 0.306 e. The number of allylic oxidation sites excluding steroid dienone is 2. The van der Waals surface area contributed by atoms with E-state index in [4.69, 9.17) is 14.2 Å². The van der Waals surface area contributed by atoms with Gasteiger partial charge in [0, 0.05) is 19.3 Å². The van der Waals surface area contributed by atoms with E-state index in [9.17, 15) is 14.4 Å². The second-order valence-electron chi connectivity index (χ2n) is 17.8. The van der Waals surface area contributed by atoms with E-state index in [2.05, 4.69) is 32.9 Å². The lowest BCUT2D eigenvalue weighted by Crippen LogP contribution is -2.30. The van der Waals surface area contributed by atoms with E-state index in [-0.39, 0.29) is 31.1 Å². The minimum absolute atomic E-state index is 0.0672. The van der Waals surface area contributed by atoms with E-state index in [1.807, 2.05) is 0 Å². The van der Waals surface area contributed by atoms with Crippen molar-refractivity contribution in [3.05, 3.63) is 12.2 Å². The number of ether oxygens (including phenoxy) is 3. The summed E-state index contributed by atoms with van der Waals surface area (Å²) < 4.78 is 16.8. The Kier molecular flexibility index (Phi) is 47.3. The van der Waals surface area contributed by atoms with Gasteiger partial charge in [0.05, 0.1) is 0 Å². The molecule has 6 heteroatoms. The van der Waals surface area contributed by atoms with E-state index in [0.717, 1.165) is 64.2 Å². The van der Waals surface area contributed by atoms with Gasteiger partial charge >= 0.3 is 17.9 Å². The van der Waals surface area contributed by atoms with Crippen LogP contribution >= 0.6 is 0 Å². The van der Waals surface area contributed by atoms with Gasteiger partial charge in [-0.2, -0.15) is 0 Å². The molecular weight excluding hydrogens is 733 g/mol. The highest BCUT2D eigenvalue weighted by atomic mass is 16.6. The van der Waals surface area contributed by atoms with E-state index < -0.39 is 6.10 Å². The third-order valence-corrected chi connectivity index (χ3v) is 11.8. The first-order valence-electron chi connectivity index (χ1n) is 26.2. The van der Waals surface area contributed by atoms with Gasteiger partial charge in [0.25, 0.3) is 0 Å². The molecule has 0 spiro atoms. The van der Waals surface area contributed by atoms with Crippen LogP contribution in [-0.4, -0.2) is 37.2 Å². The molecule has 0 saturated heterocycles. The Morgan fingerprint density at radius 3 is 0.847 bits per heavy atom. The third-order valence-electron chi connectivity index (χ3n) is 11.8. The molecule has 0 aliphatic heterocycles. The molecule has 0 radical (unpaired) electrons. The molecule has 0 aromatic heterocycles. The van der Waals surface area contributed by atoms with Gasteiger partial charge in [0.2, 0.25) is 0 Å². The average molecular weight is 833 g/mol. The van der Waals surface area contributed by atoms with Crippen molar-refractivity contribution < 1.29 is 28.6 Å². The predicted molar refractivity (Wildman–Crippen MR) is 252 cm³/mol. The third kappa shape index (κ3) is 47.1. The lowest BCUT2D eigenvalue weighted by Gasteiger charge is -2.18. The highest BCUT2D eigenvalue weighted by molar-refractivity contribution is 5.71. The first-order chi connectivity index (χ1) is 29.0. The van der Waals surface area contributed by atoms with Crippen LogP contribution in [0.2, 0.25) is 0 Å². The molecule has 0 aromatic carbocycles. The molecule has 0 unspecified atom stereocenters. The van der Waals surface area contributed by atoms with Crippen LogP contribution in [0.1, 0.15) is 290 Å². The molecule has 0 aliphatic rings. The second-order valence-corrected chi connectivity index (χ2v) is 17.8. The van der Waals surface area contributed by atoms with Gasteiger partial charge in [-0.1, -0.05) is 238 Å². The van der Waals surface area contributed by atoms with E-state index in [1.165, 1.54) is 186 Å². The first-order valence-corrected chi connectivity index (χ1v) is 26.2. The molecule has 59 heavy (non-hydrogen) atoms. The highest BCUT2D eigenvalue weighted by Crippen LogP contribution is 2.16. The molecule has 0 fully saturated rings. The summed E-state index contributed by atoms with van der Waals surface area (Å²) in [7, 11) is 0. The van der Waals surface area contributed by atoms with Crippen LogP contribution in [0.3, 0.4) is 0 Å². The van der Waals surface area contributed by atoms with Gasteiger partial charge in [0.1, 0.15) is 13.2 Å².